The Morgan fingerprint density at radius 1 is 1.26 bits per heavy atom. The average molecular weight is 256 g/mol. The molecule has 0 aliphatic heterocycles. The fourth-order valence-corrected chi connectivity index (χ4v) is 2.35. The fraction of sp³-hybridized carbons (Fsp3) is 0.467. The molecule has 1 aliphatic carbocycles. The van der Waals surface area contributed by atoms with E-state index < -0.39 is 0 Å². The van der Waals surface area contributed by atoms with Crippen LogP contribution in [0.4, 0.5) is 11.8 Å². The molecule has 3 rings (SSSR count). The summed E-state index contributed by atoms with van der Waals surface area (Å²) in [4.78, 5) is 9.14. The highest BCUT2D eigenvalue weighted by molar-refractivity contribution is 5.90. The first-order chi connectivity index (χ1) is 9.28. The summed E-state index contributed by atoms with van der Waals surface area (Å²) in [6, 6.07) is 8.63. The van der Waals surface area contributed by atoms with E-state index in [1.54, 1.807) is 0 Å². The third-order valence-corrected chi connectivity index (χ3v) is 3.63. The number of benzene rings is 1. The molecule has 1 unspecified atom stereocenters. The second-order valence-corrected chi connectivity index (χ2v) is 5.21. The summed E-state index contributed by atoms with van der Waals surface area (Å²) in [5.41, 5.74) is 0.985. The summed E-state index contributed by atoms with van der Waals surface area (Å²) in [6.45, 7) is 5.12. The summed E-state index contributed by atoms with van der Waals surface area (Å²) < 4.78 is 0. The van der Waals surface area contributed by atoms with Gasteiger partial charge < -0.3 is 10.6 Å². The first-order valence-corrected chi connectivity index (χ1v) is 7.05. The van der Waals surface area contributed by atoms with E-state index in [9.17, 15) is 0 Å². The van der Waals surface area contributed by atoms with Crippen LogP contribution in [0.2, 0.25) is 0 Å². The molecule has 2 aromatic rings. The van der Waals surface area contributed by atoms with Gasteiger partial charge in [0.25, 0.3) is 0 Å². The van der Waals surface area contributed by atoms with Gasteiger partial charge in [0.15, 0.2) is 0 Å². The molecule has 1 aromatic carbocycles. The monoisotopic (exact) mass is 256 g/mol. The zero-order chi connectivity index (χ0) is 13.2. The van der Waals surface area contributed by atoms with Crippen molar-refractivity contribution in [2.75, 3.05) is 17.2 Å². The van der Waals surface area contributed by atoms with Crippen LogP contribution in [0, 0.1) is 5.92 Å². The summed E-state index contributed by atoms with van der Waals surface area (Å²) in [6.07, 6.45) is 2.66. The second-order valence-electron chi connectivity index (χ2n) is 5.21. The molecule has 0 saturated heterocycles. The lowest BCUT2D eigenvalue weighted by atomic mass is 10.2. The summed E-state index contributed by atoms with van der Waals surface area (Å²) in [5.74, 6) is 2.45. The van der Waals surface area contributed by atoms with Gasteiger partial charge in [-0.05, 0) is 44.7 Å². The molecule has 1 saturated carbocycles. The maximum atomic E-state index is 4.61. The Bertz CT molecular complexity index is 577. The number of aromatic nitrogens is 2. The highest BCUT2D eigenvalue weighted by Crippen LogP contribution is 2.34. The highest BCUT2D eigenvalue weighted by atomic mass is 15.1. The van der Waals surface area contributed by atoms with Crippen LogP contribution in [-0.4, -0.2) is 22.6 Å². The molecule has 1 fully saturated rings. The zero-order valence-electron chi connectivity index (χ0n) is 11.5. The van der Waals surface area contributed by atoms with Gasteiger partial charge in [0.05, 0.1) is 5.52 Å². The van der Waals surface area contributed by atoms with Crippen molar-refractivity contribution in [1.82, 2.24) is 9.97 Å². The Morgan fingerprint density at radius 3 is 2.79 bits per heavy atom. The predicted molar refractivity (Wildman–Crippen MR) is 79.5 cm³/mol. The van der Waals surface area contributed by atoms with Crippen molar-refractivity contribution in [3.05, 3.63) is 24.3 Å². The maximum Gasteiger partial charge on any atom is 0.225 e. The van der Waals surface area contributed by atoms with Crippen LogP contribution in [-0.2, 0) is 0 Å². The van der Waals surface area contributed by atoms with E-state index in [4.69, 9.17) is 0 Å². The number of fused-ring (bicyclic) bond motifs is 1. The fourth-order valence-electron chi connectivity index (χ4n) is 2.35. The molecule has 2 N–H and O–H groups in total. The zero-order valence-corrected chi connectivity index (χ0v) is 11.5. The first kappa shape index (κ1) is 12.2. The SMILES string of the molecule is CCNc1nc(NC(C)C2CC2)c2ccccc2n1. The van der Waals surface area contributed by atoms with Crippen molar-refractivity contribution in [1.29, 1.82) is 0 Å². The third-order valence-electron chi connectivity index (χ3n) is 3.63. The molecule has 4 heteroatoms. The number of nitrogens with zero attached hydrogens (tertiary/aromatic N) is 2. The van der Waals surface area contributed by atoms with Crippen LogP contribution >= 0.6 is 0 Å². The van der Waals surface area contributed by atoms with Gasteiger partial charge in [0.1, 0.15) is 5.82 Å². The lowest BCUT2D eigenvalue weighted by Crippen LogP contribution is -2.19. The minimum Gasteiger partial charge on any atom is -0.367 e. The average Bonchev–Trinajstić information content (AvgIpc) is 3.23. The van der Waals surface area contributed by atoms with Crippen LogP contribution in [0.25, 0.3) is 10.9 Å². The van der Waals surface area contributed by atoms with Gasteiger partial charge in [0, 0.05) is 18.0 Å². The van der Waals surface area contributed by atoms with Gasteiger partial charge in [0.2, 0.25) is 5.95 Å². The quantitative estimate of drug-likeness (QED) is 0.862. The number of anilines is 2. The third kappa shape index (κ3) is 2.62. The predicted octanol–water partition coefficient (Wildman–Crippen LogP) is 3.27. The van der Waals surface area contributed by atoms with Crippen LogP contribution in [0.3, 0.4) is 0 Å². The molecule has 0 amide bonds. The standard InChI is InChI=1S/C15H20N4/c1-3-16-15-18-13-7-5-4-6-12(13)14(19-15)17-10(2)11-8-9-11/h4-7,10-11H,3,8-9H2,1-2H3,(H2,16,17,18,19). The van der Waals surface area contributed by atoms with E-state index in [0.717, 1.165) is 29.2 Å². The Morgan fingerprint density at radius 2 is 2.05 bits per heavy atom. The minimum atomic E-state index is 0.479. The van der Waals surface area contributed by atoms with E-state index in [2.05, 4.69) is 40.5 Å². The van der Waals surface area contributed by atoms with E-state index in [-0.39, 0.29) is 0 Å². The maximum absolute atomic E-state index is 4.61. The largest absolute Gasteiger partial charge is 0.367 e. The number of rotatable bonds is 5. The molecular weight excluding hydrogens is 236 g/mol. The van der Waals surface area contributed by atoms with Crippen molar-refractivity contribution in [3.8, 4) is 0 Å². The van der Waals surface area contributed by atoms with Gasteiger partial charge >= 0.3 is 0 Å². The number of hydrogen-bond acceptors (Lipinski definition) is 4. The summed E-state index contributed by atoms with van der Waals surface area (Å²) in [7, 11) is 0. The molecular formula is C15H20N4. The van der Waals surface area contributed by atoms with Crippen molar-refractivity contribution in [3.63, 3.8) is 0 Å². The van der Waals surface area contributed by atoms with E-state index in [0.29, 0.717) is 12.0 Å². The molecule has 1 aromatic heterocycles. The molecule has 19 heavy (non-hydrogen) atoms. The van der Waals surface area contributed by atoms with Crippen molar-refractivity contribution in [2.45, 2.75) is 32.7 Å². The normalized spacial score (nSPS) is 16.3. The highest BCUT2D eigenvalue weighted by Gasteiger charge is 2.28. The van der Waals surface area contributed by atoms with Crippen molar-refractivity contribution in [2.24, 2.45) is 5.92 Å². The van der Waals surface area contributed by atoms with Gasteiger partial charge in [-0.3, -0.25) is 0 Å². The number of hydrogen-bond donors (Lipinski definition) is 2. The number of para-hydroxylation sites is 1. The summed E-state index contributed by atoms with van der Waals surface area (Å²) in [5, 5.41) is 7.84. The van der Waals surface area contributed by atoms with Crippen LogP contribution < -0.4 is 10.6 Å². The number of nitrogens with one attached hydrogen (secondary N) is 2. The smallest absolute Gasteiger partial charge is 0.225 e. The molecule has 1 aliphatic rings. The molecule has 1 atom stereocenters. The van der Waals surface area contributed by atoms with Crippen LogP contribution in [0.1, 0.15) is 26.7 Å². The van der Waals surface area contributed by atoms with Crippen molar-refractivity contribution < 1.29 is 0 Å². The van der Waals surface area contributed by atoms with Crippen LogP contribution in [0.5, 0.6) is 0 Å². The lowest BCUT2D eigenvalue weighted by molar-refractivity contribution is 0.691. The first-order valence-electron chi connectivity index (χ1n) is 7.05. The molecule has 0 spiro atoms. The van der Waals surface area contributed by atoms with Crippen molar-refractivity contribution >= 4 is 22.7 Å². The Kier molecular flexibility index (Phi) is 3.23. The van der Waals surface area contributed by atoms with Gasteiger partial charge in [-0.2, -0.15) is 4.98 Å². The minimum absolute atomic E-state index is 0.479. The Labute approximate surface area is 113 Å². The Hall–Kier alpha value is -1.84. The molecule has 4 nitrogen and oxygen atoms in total. The second kappa shape index (κ2) is 5.03. The van der Waals surface area contributed by atoms with Gasteiger partial charge in [-0.25, -0.2) is 4.98 Å². The lowest BCUT2D eigenvalue weighted by Gasteiger charge is -2.16. The molecule has 1 heterocycles. The van der Waals surface area contributed by atoms with Crippen LogP contribution in [0.15, 0.2) is 24.3 Å². The van der Waals surface area contributed by atoms with E-state index in [1.165, 1.54) is 12.8 Å². The topological polar surface area (TPSA) is 49.8 Å². The van der Waals surface area contributed by atoms with E-state index >= 15 is 0 Å². The molecule has 0 bridgehead atoms. The van der Waals surface area contributed by atoms with Gasteiger partial charge in [-0.15, -0.1) is 0 Å². The van der Waals surface area contributed by atoms with E-state index in [1.807, 2.05) is 18.2 Å². The Balaban J connectivity index is 1.98. The molecule has 0 radical (unpaired) electrons. The summed E-state index contributed by atoms with van der Waals surface area (Å²) >= 11 is 0. The van der Waals surface area contributed by atoms with Gasteiger partial charge in [-0.1, -0.05) is 12.1 Å². The molecule has 100 valence electrons.